The van der Waals surface area contributed by atoms with Crippen LogP contribution in [0.5, 0.6) is 0 Å². The van der Waals surface area contributed by atoms with Gasteiger partial charge in [0.15, 0.2) is 0 Å². The smallest absolute Gasteiger partial charge is 0.327 e. The maximum absolute atomic E-state index is 13.6. The van der Waals surface area contributed by atoms with Crippen molar-refractivity contribution < 1.29 is 27.5 Å². The monoisotopic (exact) mass is 561 g/mol. The van der Waals surface area contributed by atoms with Gasteiger partial charge in [-0.05, 0) is 28.8 Å². The number of imide groups is 1. The summed E-state index contributed by atoms with van der Waals surface area (Å²) in [7, 11) is 0.0988. The number of hydrogen-bond acceptors (Lipinski definition) is 7. The summed E-state index contributed by atoms with van der Waals surface area (Å²) in [4.78, 5) is 41.1. The number of carbonyl (C=O) groups is 3. The zero-order chi connectivity index (χ0) is 28.7. The standard InChI is InChI=1S/C30H31N3O6S/c1-32(40(37,38)23-16-14-22(15-17-23)21-12-8-5-9-13-21)19-24-25-26(28(35)33(2)27(25)34)30(31-24,29(36)39-3)18-20-10-6-4-7-11-20/h4-17,24-26,31H,18-19H2,1-3H3/t24-,25+,26-,30-/m1/s1. The number of rotatable bonds is 8. The fourth-order valence-corrected chi connectivity index (χ4v) is 7.15. The molecule has 40 heavy (non-hydrogen) atoms. The molecule has 2 aliphatic rings. The average molecular weight is 562 g/mol. The largest absolute Gasteiger partial charge is 0.468 e. The van der Waals surface area contributed by atoms with Crippen molar-refractivity contribution in [3.05, 3.63) is 90.5 Å². The molecule has 10 heteroatoms. The van der Waals surface area contributed by atoms with E-state index in [9.17, 15) is 22.8 Å². The summed E-state index contributed by atoms with van der Waals surface area (Å²) < 4.78 is 33.4. The van der Waals surface area contributed by atoms with Crippen molar-refractivity contribution in [1.82, 2.24) is 14.5 Å². The number of fused-ring (bicyclic) bond motifs is 1. The van der Waals surface area contributed by atoms with E-state index in [4.69, 9.17) is 4.74 Å². The molecule has 2 fully saturated rings. The number of amides is 2. The number of nitrogens with one attached hydrogen (secondary N) is 1. The topological polar surface area (TPSA) is 113 Å². The Labute approximate surface area is 233 Å². The van der Waals surface area contributed by atoms with Gasteiger partial charge in [0.05, 0.1) is 23.8 Å². The molecular weight excluding hydrogens is 530 g/mol. The average Bonchev–Trinajstić information content (AvgIpc) is 3.41. The lowest BCUT2D eigenvalue weighted by Crippen LogP contribution is -2.59. The van der Waals surface area contributed by atoms with Crippen LogP contribution < -0.4 is 5.32 Å². The number of hydrogen-bond donors (Lipinski definition) is 1. The second-order valence-corrected chi connectivity index (χ2v) is 12.3. The Morgan fingerprint density at radius 2 is 1.50 bits per heavy atom. The quantitative estimate of drug-likeness (QED) is 0.332. The number of ether oxygens (including phenoxy) is 1. The van der Waals surface area contributed by atoms with Crippen LogP contribution in [0.3, 0.4) is 0 Å². The molecule has 208 valence electrons. The van der Waals surface area contributed by atoms with Gasteiger partial charge in [0.1, 0.15) is 5.54 Å². The van der Waals surface area contributed by atoms with Crippen molar-refractivity contribution in [1.29, 1.82) is 0 Å². The van der Waals surface area contributed by atoms with Crippen molar-refractivity contribution in [2.75, 3.05) is 27.7 Å². The van der Waals surface area contributed by atoms with Crippen LogP contribution in [-0.4, -0.2) is 74.7 Å². The molecule has 3 aromatic rings. The first-order valence-electron chi connectivity index (χ1n) is 12.9. The van der Waals surface area contributed by atoms with Crippen LogP contribution in [0, 0.1) is 11.8 Å². The SMILES string of the molecule is COC(=O)[C@]1(Cc2ccccc2)N[C@H](CN(C)S(=O)(=O)c2ccc(-c3ccccc3)cc2)[C@@H]2C(=O)N(C)C(=O)[C@@H]21. The Morgan fingerprint density at radius 1 is 0.925 bits per heavy atom. The van der Waals surface area contributed by atoms with E-state index in [1.54, 1.807) is 24.3 Å². The number of likely N-dealkylation sites (tertiary alicyclic amines) is 1. The molecule has 0 saturated carbocycles. The van der Waals surface area contributed by atoms with Crippen molar-refractivity contribution >= 4 is 27.8 Å². The molecule has 1 N–H and O–H groups in total. The number of methoxy groups -OCH3 is 1. The third-order valence-electron chi connectivity index (χ3n) is 7.98. The minimum Gasteiger partial charge on any atom is -0.468 e. The van der Waals surface area contributed by atoms with E-state index in [0.717, 1.165) is 25.9 Å². The zero-order valence-corrected chi connectivity index (χ0v) is 23.3. The van der Waals surface area contributed by atoms with E-state index >= 15 is 0 Å². The molecule has 0 radical (unpaired) electrons. The summed E-state index contributed by atoms with van der Waals surface area (Å²) in [5.74, 6) is -3.59. The summed E-state index contributed by atoms with van der Waals surface area (Å²) in [6.07, 6.45) is 0.0997. The van der Waals surface area contributed by atoms with E-state index < -0.39 is 51.2 Å². The van der Waals surface area contributed by atoms with Gasteiger partial charge >= 0.3 is 5.97 Å². The van der Waals surface area contributed by atoms with Gasteiger partial charge in [0.2, 0.25) is 21.8 Å². The fraction of sp³-hybridized carbons (Fsp3) is 0.300. The predicted molar refractivity (Wildman–Crippen MR) is 148 cm³/mol. The van der Waals surface area contributed by atoms with Crippen molar-refractivity contribution in [3.8, 4) is 11.1 Å². The van der Waals surface area contributed by atoms with Crippen LogP contribution in [0.1, 0.15) is 5.56 Å². The molecule has 0 bridgehead atoms. The molecule has 2 saturated heterocycles. The fourth-order valence-electron chi connectivity index (χ4n) is 5.95. The molecule has 5 rings (SSSR count). The van der Waals surface area contributed by atoms with Gasteiger partial charge in [-0.15, -0.1) is 0 Å². The number of nitrogens with zero attached hydrogens (tertiary/aromatic N) is 2. The molecular formula is C30H31N3O6S. The van der Waals surface area contributed by atoms with Crippen LogP contribution in [0.2, 0.25) is 0 Å². The van der Waals surface area contributed by atoms with Gasteiger partial charge in [-0.3, -0.25) is 24.6 Å². The first-order chi connectivity index (χ1) is 19.1. The summed E-state index contributed by atoms with van der Waals surface area (Å²) in [5.41, 5.74) is 1.08. The summed E-state index contributed by atoms with van der Waals surface area (Å²) in [6, 6.07) is 24.5. The van der Waals surface area contributed by atoms with E-state index in [2.05, 4.69) is 5.32 Å². The van der Waals surface area contributed by atoms with Crippen molar-refractivity contribution in [2.24, 2.45) is 11.8 Å². The first-order valence-corrected chi connectivity index (χ1v) is 14.4. The summed E-state index contributed by atoms with van der Waals surface area (Å²) >= 11 is 0. The van der Waals surface area contributed by atoms with Gasteiger partial charge in [-0.1, -0.05) is 72.8 Å². The minimum absolute atomic E-state index is 0.0960. The minimum atomic E-state index is -3.95. The number of esters is 1. The number of likely N-dealkylation sites (N-methyl/N-ethyl adjacent to an activating group) is 1. The van der Waals surface area contributed by atoms with Crippen molar-refractivity contribution in [3.63, 3.8) is 0 Å². The molecule has 0 unspecified atom stereocenters. The van der Waals surface area contributed by atoms with E-state index in [0.29, 0.717) is 0 Å². The van der Waals surface area contributed by atoms with Crippen LogP contribution in [0.25, 0.3) is 11.1 Å². The summed E-state index contributed by atoms with van der Waals surface area (Å²) in [5, 5.41) is 3.22. The Bertz CT molecular complexity index is 1530. The second-order valence-electron chi connectivity index (χ2n) is 10.3. The number of sulfonamides is 1. The molecule has 4 atom stereocenters. The molecule has 9 nitrogen and oxygen atoms in total. The molecule has 2 heterocycles. The molecule has 0 aromatic heterocycles. The highest BCUT2D eigenvalue weighted by Gasteiger charge is 2.68. The molecule has 0 aliphatic carbocycles. The van der Waals surface area contributed by atoms with Crippen LogP contribution in [0.15, 0.2) is 89.8 Å². The van der Waals surface area contributed by atoms with Gasteiger partial charge in [0.25, 0.3) is 0 Å². The lowest BCUT2D eigenvalue weighted by atomic mass is 9.76. The van der Waals surface area contributed by atoms with Crippen LogP contribution in [0.4, 0.5) is 0 Å². The number of benzene rings is 3. The lowest BCUT2D eigenvalue weighted by molar-refractivity contribution is -0.153. The third kappa shape index (κ3) is 4.61. The Balaban J connectivity index is 1.45. The highest BCUT2D eigenvalue weighted by Crippen LogP contribution is 2.45. The Kier molecular flexibility index (Phi) is 7.34. The zero-order valence-electron chi connectivity index (χ0n) is 22.5. The number of carbonyl (C=O) groups excluding carboxylic acids is 3. The predicted octanol–water partition coefficient (Wildman–Crippen LogP) is 2.33. The highest BCUT2D eigenvalue weighted by atomic mass is 32.2. The molecule has 2 aliphatic heterocycles. The summed E-state index contributed by atoms with van der Waals surface area (Å²) in [6.45, 7) is -0.135. The molecule has 0 spiro atoms. The maximum atomic E-state index is 13.6. The van der Waals surface area contributed by atoms with Gasteiger partial charge in [-0.2, -0.15) is 4.31 Å². The highest BCUT2D eigenvalue weighted by molar-refractivity contribution is 7.89. The van der Waals surface area contributed by atoms with Gasteiger partial charge < -0.3 is 4.74 Å². The van der Waals surface area contributed by atoms with Gasteiger partial charge in [0, 0.05) is 33.1 Å². The normalized spacial score (nSPS) is 24.4. The van der Waals surface area contributed by atoms with Gasteiger partial charge in [-0.25, -0.2) is 8.42 Å². The van der Waals surface area contributed by atoms with E-state index in [-0.39, 0.29) is 17.9 Å². The van der Waals surface area contributed by atoms with E-state index in [1.807, 2.05) is 60.7 Å². The molecule has 2 amide bonds. The Morgan fingerprint density at radius 3 is 2.10 bits per heavy atom. The van der Waals surface area contributed by atoms with Crippen LogP contribution >= 0.6 is 0 Å². The molecule has 3 aromatic carbocycles. The Hall–Kier alpha value is -3.86. The second kappa shape index (κ2) is 10.6. The van der Waals surface area contributed by atoms with Crippen molar-refractivity contribution in [2.45, 2.75) is 22.9 Å². The maximum Gasteiger partial charge on any atom is 0.327 e. The third-order valence-corrected chi connectivity index (χ3v) is 9.82. The van der Waals surface area contributed by atoms with Crippen LogP contribution in [-0.2, 0) is 35.6 Å². The van der Waals surface area contributed by atoms with E-state index in [1.165, 1.54) is 21.2 Å². The lowest BCUT2D eigenvalue weighted by Gasteiger charge is -2.32. The first kappa shape index (κ1) is 27.7.